The van der Waals surface area contributed by atoms with Crippen molar-refractivity contribution in [3.05, 3.63) is 28.5 Å². The number of rotatable bonds is 1. The molecule has 1 fully saturated rings. The first-order valence-electron chi connectivity index (χ1n) is 4.26. The van der Waals surface area contributed by atoms with E-state index in [9.17, 15) is 0 Å². The molecule has 2 rings (SSSR count). The van der Waals surface area contributed by atoms with Gasteiger partial charge in [-0.25, -0.2) is 0 Å². The highest BCUT2D eigenvalue weighted by Gasteiger charge is 2.23. The molecule has 1 aromatic heterocycles. The van der Waals surface area contributed by atoms with Crippen LogP contribution >= 0.6 is 27.7 Å². The van der Waals surface area contributed by atoms with E-state index in [4.69, 9.17) is 0 Å². The summed E-state index contributed by atoms with van der Waals surface area (Å²) in [4.78, 5) is 4.36. The molecule has 0 spiro atoms. The first kappa shape index (κ1) is 9.49. The zero-order valence-corrected chi connectivity index (χ0v) is 9.73. The first-order valence-corrected chi connectivity index (χ1v) is 5.99. The SMILES string of the molecule is CC1CNC(c2ccc(Br)cn2)S1. The van der Waals surface area contributed by atoms with E-state index in [2.05, 4.69) is 39.2 Å². The normalized spacial score (nSPS) is 27.8. The van der Waals surface area contributed by atoms with Crippen LogP contribution in [0.5, 0.6) is 0 Å². The van der Waals surface area contributed by atoms with Gasteiger partial charge in [-0.2, -0.15) is 0 Å². The highest BCUT2D eigenvalue weighted by molar-refractivity contribution is 9.10. The molecule has 2 nitrogen and oxygen atoms in total. The topological polar surface area (TPSA) is 24.9 Å². The Morgan fingerprint density at radius 2 is 2.46 bits per heavy atom. The standard InChI is InChI=1S/C9H11BrN2S/c1-6-4-12-9(13-6)8-3-2-7(10)5-11-8/h2-3,5-6,9,12H,4H2,1H3. The van der Waals surface area contributed by atoms with Crippen LogP contribution in [0.2, 0.25) is 0 Å². The maximum atomic E-state index is 4.36. The molecule has 0 radical (unpaired) electrons. The van der Waals surface area contributed by atoms with Crippen LogP contribution in [0.1, 0.15) is 18.0 Å². The van der Waals surface area contributed by atoms with E-state index in [0.717, 1.165) is 16.7 Å². The molecule has 1 saturated heterocycles. The third kappa shape index (κ3) is 2.24. The predicted molar refractivity (Wildman–Crippen MR) is 59.7 cm³/mol. The van der Waals surface area contributed by atoms with Gasteiger partial charge >= 0.3 is 0 Å². The lowest BCUT2D eigenvalue weighted by atomic mass is 10.3. The Kier molecular flexibility index (Phi) is 2.91. The first-order chi connectivity index (χ1) is 6.25. The minimum absolute atomic E-state index is 0.378. The number of aromatic nitrogens is 1. The second kappa shape index (κ2) is 3.98. The summed E-state index contributed by atoms with van der Waals surface area (Å²) in [6, 6.07) is 4.10. The highest BCUT2D eigenvalue weighted by atomic mass is 79.9. The van der Waals surface area contributed by atoms with Crippen LogP contribution in [0.25, 0.3) is 0 Å². The maximum absolute atomic E-state index is 4.36. The molecule has 1 N–H and O–H groups in total. The minimum Gasteiger partial charge on any atom is -0.299 e. The van der Waals surface area contributed by atoms with Crippen LogP contribution in [0.4, 0.5) is 0 Å². The molecular weight excluding hydrogens is 248 g/mol. The molecule has 1 aliphatic rings. The fourth-order valence-corrected chi connectivity index (χ4v) is 2.68. The van der Waals surface area contributed by atoms with E-state index in [0.29, 0.717) is 10.6 Å². The fourth-order valence-electron chi connectivity index (χ4n) is 1.32. The molecule has 1 aliphatic heterocycles. The summed E-state index contributed by atoms with van der Waals surface area (Å²) in [5.74, 6) is 0. The predicted octanol–water partition coefficient (Wildman–Crippen LogP) is 2.57. The summed E-state index contributed by atoms with van der Waals surface area (Å²) in [5, 5.41) is 4.50. The Morgan fingerprint density at radius 1 is 1.62 bits per heavy atom. The van der Waals surface area contributed by atoms with E-state index in [1.165, 1.54) is 0 Å². The number of nitrogens with zero attached hydrogens (tertiary/aromatic N) is 1. The third-order valence-electron chi connectivity index (χ3n) is 1.98. The Balaban J connectivity index is 2.13. The molecule has 1 aromatic rings. The number of nitrogens with one attached hydrogen (secondary N) is 1. The molecule has 0 aliphatic carbocycles. The van der Waals surface area contributed by atoms with E-state index < -0.39 is 0 Å². The molecule has 70 valence electrons. The van der Waals surface area contributed by atoms with E-state index in [-0.39, 0.29) is 0 Å². The van der Waals surface area contributed by atoms with E-state index >= 15 is 0 Å². The largest absolute Gasteiger partial charge is 0.299 e. The van der Waals surface area contributed by atoms with Gasteiger partial charge in [0.05, 0.1) is 11.1 Å². The summed E-state index contributed by atoms with van der Waals surface area (Å²) >= 11 is 5.31. The van der Waals surface area contributed by atoms with E-state index in [1.54, 1.807) is 0 Å². The fraction of sp³-hybridized carbons (Fsp3) is 0.444. The Hall–Kier alpha value is -0.0600. The van der Waals surface area contributed by atoms with Gasteiger partial charge in [0.25, 0.3) is 0 Å². The van der Waals surface area contributed by atoms with Gasteiger partial charge < -0.3 is 0 Å². The van der Waals surface area contributed by atoms with Crippen LogP contribution < -0.4 is 5.32 Å². The van der Waals surface area contributed by atoms with Crippen molar-refractivity contribution in [1.29, 1.82) is 0 Å². The number of pyridine rings is 1. The van der Waals surface area contributed by atoms with Gasteiger partial charge in [0.15, 0.2) is 0 Å². The summed E-state index contributed by atoms with van der Waals surface area (Å²) in [6.07, 6.45) is 1.85. The molecule has 13 heavy (non-hydrogen) atoms. The molecule has 2 atom stereocenters. The van der Waals surface area contributed by atoms with Crippen molar-refractivity contribution in [2.45, 2.75) is 17.5 Å². The number of hydrogen-bond donors (Lipinski definition) is 1. The molecule has 0 saturated carbocycles. The quantitative estimate of drug-likeness (QED) is 0.839. The van der Waals surface area contributed by atoms with Crippen LogP contribution in [0.3, 0.4) is 0 Å². The zero-order chi connectivity index (χ0) is 9.26. The molecule has 0 bridgehead atoms. The van der Waals surface area contributed by atoms with Gasteiger partial charge in [0.1, 0.15) is 0 Å². The zero-order valence-electron chi connectivity index (χ0n) is 7.33. The minimum atomic E-state index is 0.378. The molecular formula is C9H11BrN2S. The third-order valence-corrected chi connectivity index (χ3v) is 3.76. The lowest BCUT2D eigenvalue weighted by Crippen LogP contribution is -2.14. The van der Waals surface area contributed by atoms with Crippen molar-refractivity contribution < 1.29 is 0 Å². The Bertz CT molecular complexity index is 288. The molecule has 0 amide bonds. The van der Waals surface area contributed by atoms with Gasteiger partial charge in [-0.3, -0.25) is 10.3 Å². The highest BCUT2D eigenvalue weighted by Crippen LogP contribution is 2.33. The maximum Gasteiger partial charge on any atom is 0.0965 e. The second-order valence-corrected chi connectivity index (χ2v) is 5.60. The van der Waals surface area contributed by atoms with Crippen molar-refractivity contribution in [3.8, 4) is 0 Å². The Morgan fingerprint density at radius 3 is 3.00 bits per heavy atom. The monoisotopic (exact) mass is 258 g/mol. The lowest BCUT2D eigenvalue weighted by Gasteiger charge is -2.08. The van der Waals surface area contributed by atoms with Crippen LogP contribution in [0.15, 0.2) is 22.8 Å². The summed E-state index contributed by atoms with van der Waals surface area (Å²) < 4.78 is 1.03. The number of hydrogen-bond acceptors (Lipinski definition) is 3. The molecule has 4 heteroatoms. The number of halogens is 1. The van der Waals surface area contributed by atoms with Crippen LogP contribution in [0, 0.1) is 0 Å². The summed E-state index contributed by atoms with van der Waals surface area (Å²) in [6.45, 7) is 3.31. The smallest absolute Gasteiger partial charge is 0.0965 e. The van der Waals surface area contributed by atoms with Gasteiger partial charge in [-0.05, 0) is 28.1 Å². The van der Waals surface area contributed by atoms with Gasteiger partial charge in [-0.15, -0.1) is 11.8 Å². The van der Waals surface area contributed by atoms with Gasteiger partial charge in [0, 0.05) is 22.5 Å². The van der Waals surface area contributed by atoms with Crippen molar-refractivity contribution in [3.63, 3.8) is 0 Å². The molecule has 2 unspecified atom stereocenters. The average molecular weight is 259 g/mol. The summed E-state index contributed by atoms with van der Waals surface area (Å²) in [5.41, 5.74) is 1.12. The van der Waals surface area contributed by atoms with Crippen LogP contribution in [-0.2, 0) is 0 Å². The van der Waals surface area contributed by atoms with Crippen molar-refractivity contribution in [1.82, 2.24) is 10.3 Å². The van der Waals surface area contributed by atoms with Gasteiger partial charge in [-0.1, -0.05) is 6.92 Å². The second-order valence-electron chi connectivity index (χ2n) is 3.14. The summed E-state index contributed by atoms with van der Waals surface area (Å²) in [7, 11) is 0. The number of thioether (sulfide) groups is 1. The van der Waals surface area contributed by atoms with Crippen molar-refractivity contribution in [2.75, 3.05) is 6.54 Å². The van der Waals surface area contributed by atoms with E-state index in [1.807, 2.05) is 24.0 Å². The van der Waals surface area contributed by atoms with Crippen molar-refractivity contribution in [2.24, 2.45) is 0 Å². The van der Waals surface area contributed by atoms with Crippen LogP contribution in [-0.4, -0.2) is 16.8 Å². The average Bonchev–Trinajstić information content (AvgIpc) is 2.53. The van der Waals surface area contributed by atoms with Gasteiger partial charge in [0.2, 0.25) is 0 Å². The molecule has 2 heterocycles. The molecule has 0 aromatic carbocycles. The lowest BCUT2D eigenvalue weighted by molar-refractivity contribution is 0.703. The van der Waals surface area contributed by atoms with Crippen molar-refractivity contribution >= 4 is 27.7 Å². The Labute approximate surface area is 90.6 Å².